The number of carbonyl (C=O) groups is 1. The molecule has 1 aliphatic carbocycles. The number of thiophene rings is 1. The molecule has 17 heavy (non-hydrogen) atoms. The predicted octanol–water partition coefficient (Wildman–Crippen LogP) is 2.64. The van der Waals surface area contributed by atoms with Crippen molar-refractivity contribution in [3.05, 3.63) is 20.8 Å². The maximum atomic E-state index is 12.0. The van der Waals surface area contributed by atoms with E-state index in [1.165, 1.54) is 4.88 Å². The summed E-state index contributed by atoms with van der Waals surface area (Å²) in [6.07, 6.45) is 3.94. The summed E-state index contributed by atoms with van der Waals surface area (Å²) in [6.45, 7) is 0.626. The number of hydrogen-bond donors (Lipinski definition) is 2. The number of hydrogen-bond acceptors (Lipinski definition) is 3. The molecule has 1 heterocycles. The van der Waals surface area contributed by atoms with Crippen molar-refractivity contribution in [3.63, 3.8) is 0 Å². The molecule has 0 saturated heterocycles. The molecule has 0 bridgehead atoms. The van der Waals surface area contributed by atoms with Gasteiger partial charge in [-0.25, -0.2) is 0 Å². The number of nitrogens with two attached hydrogens (primary N) is 1. The molecule has 5 heteroatoms. The SMILES string of the molecule is NC1CCCC(C(=O)NCc2ccc(Br)s2)C1. The van der Waals surface area contributed by atoms with Gasteiger partial charge in [-0.15, -0.1) is 11.3 Å². The standard InChI is InChI=1S/C12H17BrN2OS/c13-11-5-4-10(17-11)7-15-12(16)8-2-1-3-9(14)6-8/h4-5,8-9H,1-3,6-7,14H2,(H,15,16). The van der Waals surface area contributed by atoms with Gasteiger partial charge in [0.15, 0.2) is 0 Å². The minimum absolute atomic E-state index is 0.113. The fourth-order valence-electron chi connectivity index (χ4n) is 2.23. The molecule has 3 N–H and O–H groups in total. The molecule has 0 aromatic carbocycles. The van der Waals surface area contributed by atoms with E-state index in [1.807, 2.05) is 12.1 Å². The fourth-order valence-corrected chi connectivity index (χ4v) is 3.65. The van der Waals surface area contributed by atoms with Crippen LogP contribution in [-0.2, 0) is 11.3 Å². The number of nitrogens with one attached hydrogen (secondary N) is 1. The number of carbonyl (C=O) groups excluding carboxylic acids is 1. The molecular formula is C12H17BrN2OS. The zero-order valence-corrected chi connectivity index (χ0v) is 12.0. The molecule has 0 spiro atoms. The van der Waals surface area contributed by atoms with Gasteiger partial charge in [-0.1, -0.05) is 6.42 Å². The Morgan fingerprint density at radius 2 is 2.35 bits per heavy atom. The van der Waals surface area contributed by atoms with Crippen molar-refractivity contribution in [3.8, 4) is 0 Å². The van der Waals surface area contributed by atoms with E-state index in [-0.39, 0.29) is 17.9 Å². The fraction of sp³-hybridized carbons (Fsp3) is 0.583. The van der Waals surface area contributed by atoms with E-state index < -0.39 is 0 Å². The minimum atomic E-state index is 0.113. The minimum Gasteiger partial charge on any atom is -0.351 e. The average molecular weight is 317 g/mol. The molecule has 2 rings (SSSR count). The molecule has 1 aromatic rings. The summed E-state index contributed by atoms with van der Waals surface area (Å²) in [6, 6.07) is 4.24. The Morgan fingerprint density at radius 3 is 3.00 bits per heavy atom. The second-order valence-corrected chi connectivity index (χ2v) is 7.09. The topological polar surface area (TPSA) is 55.1 Å². The first kappa shape index (κ1) is 13.1. The van der Waals surface area contributed by atoms with E-state index in [0.29, 0.717) is 6.54 Å². The first-order chi connectivity index (χ1) is 8.15. The highest BCUT2D eigenvalue weighted by Gasteiger charge is 2.24. The molecule has 1 amide bonds. The summed E-state index contributed by atoms with van der Waals surface area (Å²) >= 11 is 5.07. The van der Waals surface area contributed by atoms with E-state index in [2.05, 4.69) is 21.2 Å². The summed E-state index contributed by atoms with van der Waals surface area (Å²) in [4.78, 5) is 13.1. The van der Waals surface area contributed by atoms with Crippen molar-refractivity contribution in [2.24, 2.45) is 11.7 Å². The maximum absolute atomic E-state index is 12.0. The van der Waals surface area contributed by atoms with Crippen molar-refractivity contribution < 1.29 is 4.79 Å². The summed E-state index contributed by atoms with van der Waals surface area (Å²) < 4.78 is 1.10. The van der Waals surface area contributed by atoms with Gasteiger partial charge < -0.3 is 11.1 Å². The first-order valence-electron chi connectivity index (χ1n) is 5.92. The lowest BCUT2D eigenvalue weighted by Crippen LogP contribution is -2.37. The Balaban J connectivity index is 1.80. The summed E-state index contributed by atoms with van der Waals surface area (Å²) in [7, 11) is 0. The molecule has 2 unspecified atom stereocenters. The third kappa shape index (κ3) is 3.79. The van der Waals surface area contributed by atoms with Gasteiger partial charge in [0.25, 0.3) is 0 Å². The van der Waals surface area contributed by atoms with Gasteiger partial charge in [-0.05, 0) is 47.3 Å². The molecule has 0 aliphatic heterocycles. The van der Waals surface area contributed by atoms with Gasteiger partial charge in [0.05, 0.1) is 10.3 Å². The Kier molecular flexibility index (Phi) is 4.59. The van der Waals surface area contributed by atoms with E-state index in [4.69, 9.17) is 5.73 Å². The Bertz CT molecular complexity index is 394. The van der Waals surface area contributed by atoms with Crippen LogP contribution >= 0.6 is 27.3 Å². The van der Waals surface area contributed by atoms with Crippen LogP contribution < -0.4 is 11.1 Å². The second kappa shape index (κ2) is 5.98. The maximum Gasteiger partial charge on any atom is 0.223 e. The van der Waals surface area contributed by atoms with Crippen molar-refractivity contribution in [1.29, 1.82) is 0 Å². The van der Waals surface area contributed by atoms with Gasteiger partial charge in [0.2, 0.25) is 5.91 Å². The highest BCUT2D eigenvalue weighted by Crippen LogP contribution is 2.24. The molecule has 1 aromatic heterocycles. The second-order valence-electron chi connectivity index (χ2n) is 4.55. The number of amides is 1. The lowest BCUT2D eigenvalue weighted by Gasteiger charge is -2.25. The Labute approximate surface area is 114 Å². The first-order valence-corrected chi connectivity index (χ1v) is 7.53. The van der Waals surface area contributed by atoms with Gasteiger partial charge in [0.1, 0.15) is 0 Å². The van der Waals surface area contributed by atoms with Crippen molar-refractivity contribution in [2.45, 2.75) is 38.3 Å². The molecule has 2 atom stereocenters. The van der Waals surface area contributed by atoms with E-state index in [9.17, 15) is 4.79 Å². The van der Waals surface area contributed by atoms with Crippen molar-refractivity contribution >= 4 is 33.2 Å². The third-order valence-corrected chi connectivity index (χ3v) is 4.77. The predicted molar refractivity (Wildman–Crippen MR) is 73.8 cm³/mol. The zero-order chi connectivity index (χ0) is 12.3. The molecule has 1 aliphatic rings. The van der Waals surface area contributed by atoms with Crippen LogP contribution in [0.5, 0.6) is 0 Å². The van der Waals surface area contributed by atoms with Crippen LogP contribution in [0.1, 0.15) is 30.6 Å². The van der Waals surface area contributed by atoms with Crippen LogP contribution in [0.25, 0.3) is 0 Å². The van der Waals surface area contributed by atoms with Crippen LogP contribution in [0, 0.1) is 5.92 Å². The Morgan fingerprint density at radius 1 is 1.53 bits per heavy atom. The lowest BCUT2D eigenvalue weighted by atomic mass is 9.85. The largest absolute Gasteiger partial charge is 0.351 e. The number of halogens is 1. The smallest absolute Gasteiger partial charge is 0.223 e. The van der Waals surface area contributed by atoms with Crippen LogP contribution in [0.15, 0.2) is 15.9 Å². The average Bonchev–Trinajstić information content (AvgIpc) is 2.72. The number of rotatable bonds is 3. The monoisotopic (exact) mass is 316 g/mol. The van der Waals surface area contributed by atoms with Crippen LogP contribution in [0.3, 0.4) is 0 Å². The van der Waals surface area contributed by atoms with Crippen LogP contribution in [0.4, 0.5) is 0 Å². The highest BCUT2D eigenvalue weighted by atomic mass is 79.9. The molecule has 1 saturated carbocycles. The van der Waals surface area contributed by atoms with Gasteiger partial charge in [-0.3, -0.25) is 4.79 Å². The molecule has 1 fully saturated rings. The van der Waals surface area contributed by atoms with E-state index in [1.54, 1.807) is 11.3 Å². The van der Waals surface area contributed by atoms with E-state index in [0.717, 1.165) is 29.5 Å². The molecule has 3 nitrogen and oxygen atoms in total. The van der Waals surface area contributed by atoms with E-state index >= 15 is 0 Å². The van der Waals surface area contributed by atoms with Gasteiger partial charge in [-0.2, -0.15) is 0 Å². The normalized spacial score (nSPS) is 24.6. The van der Waals surface area contributed by atoms with Crippen LogP contribution in [0.2, 0.25) is 0 Å². The van der Waals surface area contributed by atoms with Crippen molar-refractivity contribution in [2.75, 3.05) is 0 Å². The van der Waals surface area contributed by atoms with Crippen LogP contribution in [-0.4, -0.2) is 11.9 Å². The zero-order valence-electron chi connectivity index (χ0n) is 9.62. The quantitative estimate of drug-likeness (QED) is 0.900. The molecule has 0 radical (unpaired) electrons. The Hall–Kier alpha value is -0.390. The van der Waals surface area contributed by atoms with Gasteiger partial charge in [0, 0.05) is 16.8 Å². The molecular weight excluding hydrogens is 300 g/mol. The van der Waals surface area contributed by atoms with Crippen molar-refractivity contribution in [1.82, 2.24) is 5.32 Å². The summed E-state index contributed by atoms with van der Waals surface area (Å²) in [5.41, 5.74) is 5.89. The highest BCUT2D eigenvalue weighted by molar-refractivity contribution is 9.11. The van der Waals surface area contributed by atoms with Gasteiger partial charge >= 0.3 is 0 Å². The summed E-state index contributed by atoms with van der Waals surface area (Å²) in [5.74, 6) is 0.270. The lowest BCUT2D eigenvalue weighted by molar-refractivity contribution is -0.126. The molecule has 94 valence electrons. The summed E-state index contributed by atoms with van der Waals surface area (Å²) in [5, 5.41) is 3.00. The third-order valence-electron chi connectivity index (χ3n) is 3.15.